The van der Waals surface area contributed by atoms with Crippen molar-refractivity contribution in [2.24, 2.45) is 17.6 Å². The standard InChI is InChI=1S/C16H23FN2O2/c17-15-6-5-11(16(18)21)7-14(15)9-19-8-12-3-1-2-4-13(12)10-20/h5-7,12-13,19-20H,1-4,8-10H2,(H2,18,21). The number of primary amides is 1. The number of benzene rings is 1. The van der Waals surface area contributed by atoms with E-state index in [4.69, 9.17) is 5.73 Å². The first-order valence-corrected chi connectivity index (χ1v) is 7.51. The fourth-order valence-electron chi connectivity index (χ4n) is 3.05. The first-order chi connectivity index (χ1) is 10.1. The molecule has 0 spiro atoms. The number of rotatable bonds is 6. The molecular weight excluding hydrogens is 271 g/mol. The van der Waals surface area contributed by atoms with Gasteiger partial charge in [0.05, 0.1) is 0 Å². The fraction of sp³-hybridized carbons (Fsp3) is 0.562. The summed E-state index contributed by atoms with van der Waals surface area (Å²) in [6.07, 6.45) is 4.53. The van der Waals surface area contributed by atoms with Crippen LogP contribution in [0.1, 0.15) is 41.6 Å². The third-order valence-electron chi connectivity index (χ3n) is 4.35. The van der Waals surface area contributed by atoms with Crippen molar-refractivity contribution in [1.29, 1.82) is 0 Å². The minimum atomic E-state index is -0.552. The topological polar surface area (TPSA) is 75.4 Å². The van der Waals surface area contributed by atoms with Gasteiger partial charge in [0.2, 0.25) is 5.91 Å². The van der Waals surface area contributed by atoms with E-state index in [0.29, 0.717) is 29.5 Å². The Balaban J connectivity index is 1.90. The Morgan fingerprint density at radius 1 is 1.33 bits per heavy atom. The molecule has 5 heteroatoms. The molecule has 0 saturated heterocycles. The molecule has 1 aromatic rings. The van der Waals surface area contributed by atoms with Crippen LogP contribution in [0, 0.1) is 17.7 Å². The average molecular weight is 294 g/mol. The molecule has 2 rings (SSSR count). The second kappa shape index (κ2) is 7.52. The quantitative estimate of drug-likeness (QED) is 0.749. The lowest BCUT2D eigenvalue weighted by atomic mass is 9.79. The van der Waals surface area contributed by atoms with Crippen molar-refractivity contribution < 1.29 is 14.3 Å². The van der Waals surface area contributed by atoms with E-state index >= 15 is 0 Å². The van der Waals surface area contributed by atoms with Crippen LogP contribution in [-0.2, 0) is 6.54 Å². The maximum Gasteiger partial charge on any atom is 0.248 e. The number of aliphatic hydroxyl groups excluding tert-OH is 1. The largest absolute Gasteiger partial charge is 0.396 e. The highest BCUT2D eigenvalue weighted by molar-refractivity contribution is 5.92. The van der Waals surface area contributed by atoms with E-state index in [1.165, 1.54) is 31.0 Å². The number of nitrogens with one attached hydrogen (secondary N) is 1. The van der Waals surface area contributed by atoms with Gasteiger partial charge in [0, 0.05) is 24.3 Å². The van der Waals surface area contributed by atoms with Crippen molar-refractivity contribution in [1.82, 2.24) is 5.32 Å². The molecule has 2 unspecified atom stereocenters. The summed E-state index contributed by atoms with van der Waals surface area (Å²) in [7, 11) is 0. The average Bonchev–Trinajstić information content (AvgIpc) is 2.49. The van der Waals surface area contributed by atoms with Crippen LogP contribution in [0.3, 0.4) is 0 Å². The zero-order chi connectivity index (χ0) is 15.2. The summed E-state index contributed by atoms with van der Waals surface area (Å²) in [6.45, 7) is 1.34. The molecule has 1 fully saturated rings. The van der Waals surface area contributed by atoms with Gasteiger partial charge in [0.25, 0.3) is 0 Å². The van der Waals surface area contributed by atoms with Gasteiger partial charge in [-0.2, -0.15) is 0 Å². The van der Waals surface area contributed by atoms with Crippen LogP contribution in [0.15, 0.2) is 18.2 Å². The van der Waals surface area contributed by atoms with Crippen LogP contribution in [0.25, 0.3) is 0 Å². The molecule has 0 aliphatic heterocycles. The van der Waals surface area contributed by atoms with Gasteiger partial charge in [-0.1, -0.05) is 12.8 Å². The normalized spacial score (nSPS) is 22.2. The predicted molar refractivity (Wildman–Crippen MR) is 79.2 cm³/mol. The number of aliphatic hydroxyl groups is 1. The van der Waals surface area contributed by atoms with Crippen molar-refractivity contribution in [2.75, 3.05) is 13.2 Å². The third-order valence-corrected chi connectivity index (χ3v) is 4.35. The molecule has 4 nitrogen and oxygen atoms in total. The number of amides is 1. The molecule has 0 bridgehead atoms. The number of carbonyl (C=O) groups is 1. The Morgan fingerprint density at radius 2 is 2.05 bits per heavy atom. The van der Waals surface area contributed by atoms with Gasteiger partial charge in [-0.15, -0.1) is 0 Å². The van der Waals surface area contributed by atoms with E-state index in [2.05, 4.69) is 5.32 Å². The van der Waals surface area contributed by atoms with Crippen LogP contribution >= 0.6 is 0 Å². The summed E-state index contributed by atoms with van der Waals surface area (Å²) in [4.78, 5) is 11.1. The molecule has 1 aliphatic carbocycles. The molecule has 1 aliphatic rings. The molecule has 21 heavy (non-hydrogen) atoms. The van der Waals surface area contributed by atoms with Crippen molar-refractivity contribution in [2.45, 2.75) is 32.2 Å². The maximum atomic E-state index is 13.7. The number of nitrogens with two attached hydrogens (primary N) is 1. The van der Waals surface area contributed by atoms with Gasteiger partial charge in [0.1, 0.15) is 5.82 Å². The summed E-state index contributed by atoms with van der Waals surface area (Å²) in [6, 6.07) is 4.16. The molecule has 1 aromatic carbocycles. The monoisotopic (exact) mass is 294 g/mol. The molecule has 116 valence electrons. The summed E-state index contributed by atoms with van der Waals surface area (Å²) < 4.78 is 13.7. The Bertz CT molecular complexity index is 493. The van der Waals surface area contributed by atoms with Crippen molar-refractivity contribution in [3.8, 4) is 0 Å². The van der Waals surface area contributed by atoms with E-state index < -0.39 is 5.91 Å². The molecular formula is C16H23FN2O2. The van der Waals surface area contributed by atoms with Crippen molar-refractivity contribution in [3.63, 3.8) is 0 Å². The van der Waals surface area contributed by atoms with Crippen LogP contribution in [0.2, 0.25) is 0 Å². The van der Waals surface area contributed by atoms with Crippen LogP contribution in [-0.4, -0.2) is 24.2 Å². The van der Waals surface area contributed by atoms with Crippen molar-refractivity contribution >= 4 is 5.91 Å². The SMILES string of the molecule is NC(=O)c1ccc(F)c(CNCC2CCCCC2CO)c1. The predicted octanol–water partition coefficient (Wildman–Crippen LogP) is 1.81. The third kappa shape index (κ3) is 4.25. The van der Waals surface area contributed by atoms with Gasteiger partial charge >= 0.3 is 0 Å². The van der Waals surface area contributed by atoms with Crippen LogP contribution in [0.4, 0.5) is 4.39 Å². The molecule has 4 N–H and O–H groups in total. The number of hydrogen-bond acceptors (Lipinski definition) is 3. The molecule has 1 amide bonds. The van der Waals surface area contributed by atoms with Gasteiger partial charge in [0.15, 0.2) is 0 Å². The van der Waals surface area contributed by atoms with E-state index in [0.717, 1.165) is 19.4 Å². The first kappa shape index (κ1) is 15.9. The number of hydrogen-bond donors (Lipinski definition) is 3. The lowest BCUT2D eigenvalue weighted by Crippen LogP contribution is -2.32. The van der Waals surface area contributed by atoms with E-state index in [1.807, 2.05) is 0 Å². The van der Waals surface area contributed by atoms with Gasteiger partial charge < -0.3 is 16.2 Å². The summed E-state index contributed by atoms with van der Waals surface area (Å²) in [5, 5.41) is 12.6. The minimum Gasteiger partial charge on any atom is -0.396 e. The Morgan fingerprint density at radius 3 is 2.71 bits per heavy atom. The summed E-state index contributed by atoms with van der Waals surface area (Å²) >= 11 is 0. The Hall–Kier alpha value is -1.46. The fourth-order valence-corrected chi connectivity index (χ4v) is 3.05. The Labute approximate surface area is 124 Å². The summed E-state index contributed by atoms with van der Waals surface area (Å²) in [5.74, 6) is -0.113. The smallest absolute Gasteiger partial charge is 0.248 e. The maximum absolute atomic E-state index is 13.7. The highest BCUT2D eigenvalue weighted by Crippen LogP contribution is 2.29. The molecule has 0 radical (unpaired) electrons. The first-order valence-electron chi connectivity index (χ1n) is 7.51. The van der Waals surface area contributed by atoms with Crippen molar-refractivity contribution in [3.05, 3.63) is 35.1 Å². The second-order valence-corrected chi connectivity index (χ2v) is 5.79. The van der Waals surface area contributed by atoms with Gasteiger partial charge in [-0.3, -0.25) is 4.79 Å². The number of carbonyl (C=O) groups excluding carboxylic acids is 1. The zero-order valence-corrected chi connectivity index (χ0v) is 12.1. The number of halogens is 1. The molecule has 1 saturated carbocycles. The molecule has 0 heterocycles. The van der Waals surface area contributed by atoms with E-state index in [-0.39, 0.29) is 12.4 Å². The second-order valence-electron chi connectivity index (χ2n) is 5.79. The van der Waals surface area contributed by atoms with Gasteiger partial charge in [-0.25, -0.2) is 4.39 Å². The van der Waals surface area contributed by atoms with E-state index in [9.17, 15) is 14.3 Å². The zero-order valence-electron chi connectivity index (χ0n) is 12.1. The molecule has 0 aromatic heterocycles. The lowest BCUT2D eigenvalue weighted by molar-refractivity contribution is 0.1000. The molecule has 2 atom stereocenters. The minimum absolute atomic E-state index is 0.220. The highest BCUT2D eigenvalue weighted by Gasteiger charge is 2.23. The van der Waals surface area contributed by atoms with Gasteiger partial charge in [-0.05, 0) is 49.4 Å². The Kier molecular flexibility index (Phi) is 5.70. The highest BCUT2D eigenvalue weighted by atomic mass is 19.1. The van der Waals surface area contributed by atoms with E-state index in [1.54, 1.807) is 0 Å². The van der Waals surface area contributed by atoms with Crippen LogP contribution < -0.4 is 11.1 Å². The lowest BCUT2D eigenvalue weighted by Gasteiger charge is -2.30. The van der Waals surface area contributed by atoms with Crippen LogP contribution in [0.5, 0.6) is 0 Å². The summed E-state index contributed by atoms with van der Waals surface area (Å²) in [5.41, 5.74) is 5.97.